The highest BCUT2D eigenvalue weighted by atomic mass is 35.5. The quantitative estimate of drug-likeness (QED) is 0.534. The molecule has 0 saturated heterocycles. The Morgan fingerprint density at radius 2 is 1.75 bits per heavy atom. The maximum atomic E-state index is 13.0. The summed E-state index contributed by atoms with van der Waals surface area (Å²) >= 11 is 5.65. The van der Waals surface area contributed by atoms with Crippen molar-refractivity contribution in [3.63, 3.8) is 0 Å². The summed E-state index contributed by atoms with van der Waals surface area (Å²) in [6.45, 7) is 2.73. The van der Waals surface area contributed by atoms with Crippen molar-refractivity contribution in [2.24, 2.45) is 0 Å². The molecule has 0 saturated carbocycles. The predicted octanol–water partition coefficient (Wildman–Crippen LogP) is 5.06. The molecule has 1 nitrogen and oxygen atoms in total. The summed E-state index contributed by atoms with van der Waals surface area (Å²) in [5.74, 6) is 1.30. The standard InChI is InChI=1S/C17H18ClFO/c1-2-13-12-15(14-4-7-16(19)8-5-14)6-9-17(13)20-11-3-10-18/h4-9,12H,2-3,10-11H2,1H3. The van der Waals surface area contributed by atoms with Crippen molar-refractivity contribution in [1.82, 2.24) is 0 Å². The minimum Gasteiger partial charge on any atom is -0.493 e. The second kappa shape index (κ2) is 7.30. The fourth-order valence-corrected chi connectivity index (χ4v) is 2.16. The summed E-state index contributed by atoms with van der Waals surface area (Å²) in [7, 11) is 0. The lowest BCUT2D eigenvalue weighted by Gasteiger charge is -2.12. The van der Waals surface area contributed by atoms with Crippen molar-refractivity contribution in [2.75, 3.05) is 12.5 Å². The van der Waals surface area contributed by atoms with Crippen LogP contribution in [0, 0.1) is 5.82 Å². The molecule has 0 atom stereocenters. The van der Waals surface area contributed by atoms with Gasteiger partial charge in [-0.1, -0.05) is 25.1 Å². The number of halogens is 2. The molecular weight excluding hydrogens is 275 g/mol. The molecule has 3 heteroatoms. The summed E-state index contributed by atoms with van der Waals surface area (Å²) in [5.41, 5.74) is 3.24. The second-order valence-electron chi connectivity index (χ2n) is 4.57. The van der Waals surface area contributed by atoms with E-state index < -0.39 is 0 Å². The van der Waals surface area contributed by atoms with E-state index in [1.165, 1.54) is 12.1 Å². The first-order chi connectivity index (χ1) is 9.74. The molecule has 0 N–H and O–H groups in total. The first-order valence-corrected chi connectivity index (χ1v) is 7.35. The summed E-state index contributed by atoms with van der Waals surface area (Å²) in [6, 6.07) is 12.6. The topological polar surface area (TPSA) is 9.23 Å². The van der Waals surface area contributed by atoms with Crippen LogP contribution in [0.15, 0.2) is 42.5 Å². The van der Waals surface area contributed by atoms with E-state index in [9.17, 15) is 4.39 Å². The van der Waals surface area contributed by atoms with Crippen molar-refractivity contribution in [2.45, 2.75) is 19.8 Å². The SMILES string of the molecule is CCc1cc(-c2ccc(F)cc2)ccc1OCCCCl. The molecule has 2 aromatic carbocycles. The molecule has 0 radical (unpaired) electrons. The smallest absolute Gasteiger partial charge is 0.123 e. The molecule has 2 aromatic rings. The van der Waals surface area contributed by atoms with Gasteiger partial charge in [0.2, 0.25) is 0 Å². The van der Waals surface area contributed by atoms with Crippen LogP contribution in [0.1, 0.15) is 18.9 Å². The molecule has 0 aliphatic heterocycles. The Morgan fingerprint density at radius 3 is 2.40 bits per heavy atom. The predicted molar refractivity (Wildman–Crippen MR) is 82.0 cm³/mol. The number of benzene rings is 2. The fraction of sp³-hybridized carbons (Fsp3) is 0.294. The number of hydrogen-bond acceptors (Lipinski definition) is 1. The van der Waals surface area contributed by atoms with Gasteiger partial charge in [0, 0.05) is 5.88 Å². The van der Waals surface area contributed by atoms with E-state index in [-0.39, 0.29) is 5.82 Å². The Balaban J connectivity index is 2.22. The lowest BCUT2D eigenvalue weighted by molar-refractivity contribution is 0.315. The van der Waals surface area contributed by atoms with Crippen molar-refractivity contribution >= 4 is 11.6 Å². The Hall–Kier alpha value is -1.54. The van der Waals surface area contributed by atoms with E-state index in [1.807, 2.05) is 12.1 Å². The fourth-order valence-electron chi connectivity index (χ4n) is 2.06. The van der Waals surface area contributed by atoms with Gasteiger partial charge in [0.15, 0.2) is 0 Å². The molecule has 0 aliphatic carbocycles. The summed E-state index contributed by atoms with van der Waals surface area (Å²) in [4.78, 5) is 0. The van der Waals surface area contributed by atoms with E-state index in [4.69, 9.17) is 16.3 Å². The average Bonchev–Trinajstić information content (AvgIpc) is 2.48. The van der Waals surface area contributed by atoms with Crippen LogP contribution in [-0.4, -0.2) is 12.5 Å². The maximum Gasteiger partial charge on any atom is 0.123 e. The van der Waals surface area contributed by atoms with Gasteiger partial charge in [0.05, 0.1) is 6.61 Å². The van der Waals surface area contributed by atoms with Gasteiger partial charge < -0.3 is 4.74 Å². The molecule has 2 rings (SSSR count). The van der Waals surface area contributed by atoms with Crippen LogP contribution in [-0.2, 0) is 6.42 Å². The third kappa shape index (κ3) is 3.73. The zero-order valence-electron chi connectivity index (χ0n) is 11.5. The van der Waals surface area contributed by atoms with Crippen molar-refractivity contribution in [3.05, 3.63) is 53.8 Å². The van der Waals surface area contributed by atoms with E-state index in [1.54, 1.807) is 12.1 Å². The van der Waals surface area contributed by atoms with Gasteiger partial charge in [-0.25, -0.2) is 4.39 Å². The third-order valence-electron chi connectivity index (χ3n) is 3.15. The van der Waals surface area contributed by atoms with Gasteiger partial charge in [-0.15, -0.1) is 11.6 Å². The first kappa shape index (κ1) is 14.9. The van der Waals surface area contributed by atoms with Gasteiger partial charge >= 0.3 is 0 Å². The number of aryl methyl sites for hydroxylation is 1. The molecule has 0 fully saturated rings. The third-order valence-corrected chi connectivity index (χ3v) is 3.42. The van der Waals surface area contributed by atoms with Crippen LogP contribution >= 0.6 is 11.6 Å². The Kier molecular flexibility index (Phi) is 5.42. The number of ether oxygens (including phenoxy) is 1. The first-order valence-electron chi connectivity index (χ1n) is 6.82. The number of hydrogen-bond donors (Lipinski definition) is 0. The van der Waals surface area contributed by atoms with E-state index in [0.717, 1.165) is 35.3 Å². The molecule has 0 spiro atoms. The molecule has 106 valence electrons. The molecule has 20 heavy (non-hydrogen) atoms. The van der Waals surface area contributed by atoms with Gasteiger partial charge in [-0.2, -0.15) is 0 Å². The lowest BCUT2D eigenvalue weighted by Crippen LogP contribution is -2.00. The molecule has 0 bridgehead atoms. The molecule has 0 aromatic heterocycles. The average molecular weight is 293 g/mol. The Bertz CT molecular complexity index is 551. The zero-order valence-corrected chi connectivity index (χ0v) is 12.3. The molecule has 0 amide bonds. The van der Waals surface area contributed by atoms with Crippen LogP contribution in [0.2, 0.25) is 0 Å². The molecular formula is C17H18ClFO. The maximum absolute atomic E-state index is 13.0. The van der Waals surface area contributed by atoms with Crippen LogP contribution < -0.4 is 4.74 Å². The van der Waals surface area contributed by atoms with Gasteiger partial charge in [-0.05, 0) is 53.8 Å². The summed E-state index contributed by atoms with van der Waals surface area (Å²) in [6.07, 6.45) is 1.73. The summed E-state index contributed by atoms with van der Waals surface area (Å²) in [5, 5.41) is 0. The highest BCUT2D eigenvalue weighted by Crippen LogP contribution is 2.27. The Labute approximate surface area is 124 Å². The van der Waals surface area contributed by atoms with Crippen LogP contribution in [0.3, 0.4) is 0 Å². The largest absolute Gasteiger partial charge is 0.493 e. The number of alkyl halides is 1. The van der Waals surface area contributed by atoms with E-state index in [0.29, 0.717) is 12.5 Å². The molecule has 0 aliphatic rings. The molecule has 0 heterocycles. The monoisotopic (exact) mass is 292 g/mol. The lowest BCUT2D eigenvalue weighted by atomic mass is 10.0. The van der Waals surface area contributed by atoms with Gasteiger partial charge in [-0.3, -0.25) is 0 Å². The molecule has 0 unspecified atom stereocenters. The van der Waals surface area contributed by atoms with E-state index >= 15 is 0 Å². The second-order valence-corrected chi connectivity index (χ2v) is 4.95. The normalized spacial score (nSPS) is 10.6. The van der Waals surface area contributed by atoms with Gasteiger partial charge in [0.25, 0.3) is 0 Å². The van der Waals surface area contributed by atoms with Crippen LogP contribution in [0.25, 0.3) is 11.1 Å². The van der Waals surface area contributed by atoms with E-state index in [2.05, 4.69) is 13.0 Å². The highest BCUT2D eigenvalue weighted by molar-refractivity contribution is 6.17. The number of rotatable bonds is 6. The zero-order chi connectivity index (χ0) is 14.4. The van der Waals surface area contributed by atoms with Crippen molar-refractivity contribution in [1.29, 1.82) is 0 Å². The minimum absolute atomic E-state index is 0.217. The van der Waals surface area contributed by atoms with Crippen molar-refractivity contribution < 1.29 is 9.13 Å². The summed E-state index contributed by atoms with van der Waals surface area (Å²) < 4.78 is 18.7. The van der Waals surface area contributed by atoms with Crippen molar-refractivity contribution in [3.8, 4) is 16.9 Å². The van der Waals surface area contributed by atoms with Crippen LogP contribution in [0.5, 0.6) is 5.75 Å². The Morgan fingerprint density at radius 1 is 1.05 bits per heavy atom. The van der Waals surface area contributed by atoms with Crippen LogP contribution in [0.4, 0.5) is 4.39 Å². The minimum atomic E-state index is -0.217. The van der Waals surface area contributed by atoms with Gasteiger partial charge in [0.1, 0.15) is 11.6 Å². The highest BCUT2D eigenvalue weighted by Gasteiger charge is 2.05.